The van der Waals surface area contributed by atoms with E-state index in [1.165, 1.54) is 12.8 Å². The summed E-state index contributed by atoms with van der Waals surface area (Å²) in [5.41, 5.74) is 0. The average Bonchev–Trinajstić information content (AvgIpc) is 1.63. The second-order valence-corrected chi connectivity index (χ2v) is 2.80. The first-order chi connectivity index (χ1) is 4.16. The summed E-state index contributed by atoms with van der Waals surface area (Å²) in [7, 11) is 0. The molecule has 54 valence electrons. The van der Waals surface area contributed by atoms with Gasteiger partial charge in [0.1, 0.15) is 5.78 Å². The van der Waals surface area contributed by atoms with Gasteiger partial charge in [-0.05, 0) is 12.8 Å². The highest BCUT2D eigenvalue weighted by atomic mass is 16.1. The van der Waals surface area contributed by atoms with Crippen LogP contribution >= 0.6 is 0 Å². The molecular weight excluding hydrogens is 112 g/mol. The van der Waals surface area contributed by atoms with Gasteiger partial charge in [-0.2, -0.15) is 0 Å². The average molecular weight is 128 g/mol. The number of carbonyl (C=O) groups excluding carboxylic acids is 1. The lowest BCUT2D eigenvalue weighted by Gasteiger charge is -2.04. The summed E-state index contributed by atoms with van der Waals surface area (Å²) in [6, 6.07) is 0. The molecule has 0 aromatic heterocycles. The van der Waals surface area contributed by atoms with Gasteiger partial charge in [-0.3, -0.25) is 0 Å². The van der Waals surface area contributed by atoms with Gasteiger partial charge in [0.25, 0.3) is 0 Å². The minimum atomic E-state index is 0.316. The molecule has 0 unspecified atom stereocenters. The molecule has 0 radical (unpaired) electrons. The highest BCUT2D eigenvalue weighted by Crippen LogP contribution is 2.09. The molecular formula is C8H16O. The Hall–Kier alpha value is -0.330. The topological polar surface area (TPSA) is 17.1 Å². The fraction of sp³-hybridized carbons (Fsp3) is 0.875. The number of hydrogen-bond acceptors (Lipinski definition) is 1. The summed E-state index contributed by atoms with van der Waals surface area (Å²) in [4.78, 5) is 10.5. The number of Topliss-reactive ketones (excluding diaryl/α,β-unsaturated/α-hetero) is 1. The third-order valence-corrected chi connectivity index (χ3v) is 1.42. The lowest BCUT2D eigenvalue weighted by atomic mass is 10.0. The summed E-state index contributed by atoms with van der Waals surface area (Å²) in [5, 5.41) is 0. The Morgan fingerprint density at radius 3 is 2.44 bits per heavy atom. The van der Waals surface area contributed by atoms with E-state index in [1.54, 1.807) is 6.92 Å². The molecule has 0 saturated carbocycles. The molecule has 0 aromatic carbocycles. The fourth-order valence-electron chi connectivity index (χ4n) is 1.09. The first kappa shape index (κ1) is 8.67. The van der Waals surface area contributed by atoms with Crippen LogP contribution in [0, 0.1) is 5.92 Å². The number of hydrogen-bond donors (Lipinski definition) is 0. The highest BCUT2D eigenvalue weighted by Gasteiger charge is 2.02. The Morgan fingerprint density at radius 2 is 2.11 bits per heavy atom. The van der Waals surface area contributed by atoms with Crippen LogP contribution in [0.1, 0.15) is 40.0 Å². The van der Waals surface area contributed by atoms with Crippen LogP contribution in [-0.2, 0) is 4.79 Å². The largest absolute Gasteiger partial charge is 0.300 e. The minimum absolute atomic E-state index is 0.316. The van der Waals surface area contributed by atoms with Crippen LogP contribution < -0.4 is 0 Å². The van der Waals surface area contributed by atoms with E-state index < -0.39 is 0 Å². The van der Waals surface area contributed by atoms with Crippen molar-refractivity contribution in [3.05, 3.63) is 0 Å². The Kier molecular flexibility index (Phi) is 4.37. The van der Waals surface area contributed by atoms with Crippen LogP contribution in [0.4, 0.5) is 0 Å². The van der Waals surface area contributed by atoms with Crippen molar-refractivity contribution >= 4 is 5.78 Å². The monoisotopic (exact) mass is 128 g/mol. The quantitative estimate of drug-likeness (QED) is 0.568. The van der Waals surface area contributed by atoms with Crippen molar-refractivity contribution in [3.63, 3.8) is 0 Å². The molecule has 0 spiro atoms. The molecule has 1 heteroatoms. The van der Waals surface area contributed by atoms with Crippen molar-refractivity contribution in [1.82, 2.24) is 0 Å². The lowest BCUT2D eigenvalue weighted by molar-refractivity contribution is -0.117. The van der Waals surface area contributed by atoms with E-state index in [1.807, 2.05) is 0 Å². The van der Waals surface area contributed by atoms with Crippen molar-refractivity contribution in [3.8, 4) is 0 Å². The molecule has 0 aliphatic rings. The van der Waals surface area contributed by atoms with E-state index in [0.29, 0.717) is 11.7 Å². The number of carbonyl (C=O) groups is 1. The molecule has 0 aliphatic carbocycles. The van der Waals surface area contributed by atoms with E-state index in [0.717, 1.165) is 6.42 Å². The zero-order valence-corrected chi connectivity index (χ0v) is 6.61. The summed E-state index contributed by atoms with van der Waals surface area (Å²) in [6.45, 7) is 5.94. The van der Waals surface area contributed by atoms with Crippen molar-refractivity contribution < 1.29 is 4.79 Å². The Bertz CT molecular complexity index is 86.6. The van der Waals surface area contributed by atoms with E-state index >= 15 is 0 Å². The van der Waals surface area contributed by atoms with Crippen LogP contribution in [0.3, 0.4) is 0 Å². The van der Waals surface area contributed by atoms with Crippen LogP contribution in [-0.4, -0.2) is 5.78 Å². The molecule has 0 heterocycles. The first-order valence-electron chi connectivity index (χ1n) is 3.66. The molecule has 0 bridgehead atoms. The van der Waals surface area contributed by atoms with Gasteiger partial charge in [0.2, 0.25) is 0 Å². The molecule has 9 heavy (non-hydrogen) atoms. The van der Waals surface area contributed by atoms with Gasteiger partial charge in [-0.25, -0.2) is 0 Å². The molecule has 1 nitrogen and oxygen atoms in total. The smallest absolute Gasteiger partial charge is 0.130 e. The van der Waals surface area contributed by atoms with Crippen LogP contribution in [0.5, 0.6) is 0 Å². The van der Waals surface area contributed by atoms with Crippen molar-refractivity contribution in [2.45, 2.75) is 40.0 Å². The number of rotatable bonds is 4. The predicted octanol–water partition coefficient (Wildman–Crippen LogP) is 2.40. The van der Waals surface area contributed by atoms with Gasteiger partial charge >= 0.3 is 0 Å². The molecule has 0 aliphatic heterocycles. The zero-order chi connectivity index (χ0) is 7.28. The second-order valence-electron chi connectivity index (χ2n) is 2.80. The van der Waals surface area contributed by atoms with Crippen LogP contribution in [0.25, 0.3) is 0 Å². The zero-order valence-electron chi connectivity index (χ0n) is 6.61. The summed E-state index contributed by atoms with van der Waals surface area (Å²) < 4.78 is 0. The molecule has 0 saturated heterocycles. The van der Waals surface area contributed by atoms with Crippen molar-refractivity contribution in [1.29, 1.82) is 0 Å². The molecule has 1 atom stereocenters. The van der Waals surface area contributed by atoms with E-state index in [2.05, 4.69) is 13.8 Å². The summed E-state index contributed by atoms with van der Waals surface area (Å²) >= 11 is 0. The minimum Gasteiger partial charge on any atom is -0.300 e. The summed E-state index contributed by atoms with van der Waals surface area (Å²) in [6.07, 6.45) is 3.13. The molecule has 0 amide bonds. The van der Waals surface area contributed by atoms with E-state index in [9.17, 15) is 4.79 Å². The Labute approximate surface area is 57.5 Å². The maximum Gasteiger partial charge on any atom is 0.130 e. The molecule has 0 N–H and O–H groups in total. The maximum absolute atomic E-state index is 10.5. The van der Waals surface area contributed by atoms with Gasteiger partial charge in [0.05, 0.1) is 0 Å². The summed E-state index contributed by atoms with van der Waals surface area (Å²) in [5.74, 6) is 0.906. The van der Waals surface area contributed by atoms with Gasteiger partial charge in [0.15, 0.2) is 0 Å². The van der Waals surface area contributed by atoms with Crippen LogP contribution in [0.2, 0.25) is 0 Å². The SMILES string of the molecule is CCC[C@H](C)CC(C)=O. The molecule has 0 aromatic rings. The maximum atomic E-state index is 10.5. The third-order valence-electron chi connectivity index (χ3n) is 1.42. The third kappa shape index (κ3) is 5.54. The lowest BCUT2D eigenvalue weighted by Crippen LogP contribution is -2.00. The first-order valence-corrected chi connectivity index (χ1v) is 3.66. The predicted molar refractivity (Wildman–Crippen MR) is 39.4 cm³/mol. The van der Waals surface area contributed by atoms with Crippen molar-refractivity contribution in [2.75, 3.05) is 0 Å². The standard InChI is InChI=1S/C8H16O/c1-4-5-7(2)6-8(3)9/h7H,4-6H2,1-3H3/t7-/m0/s1. The number of ketones is 1. The van der Waals surface area contributed by atoms with Crippen molar-refractivity contribution in [2.24, 2.45) is 5.92 Å². The second kappa shape index (κ2) is 4.54. The highest BCUT2D eigenvalue weighted by molar-refractivity contribution is 5.75. The van der Waals surface area contributed by atoms with E-state index in [4.69, 9.17) is 0 Å². The van der Waals surface area contributed by atoms with Gasteiger partial charge in [0, 0.05) is 6.42 Å². The normalized spacial score (nSPS) is 13.2. The fourth-order valence-corrected chi connectivity index (χ4v) is 1.09. The van der Waals surface area contributed by atoms with E-state index in [-0.39, 0.29) is 0 Å². The molecule has 0 fully saturated rings. The van der Waals surface area contributed by atoms with Gasteiger partial charge in [-0.15, -0.1) is 0 Å². The Morgan fingerprint density at radius 1 is 1.56 bits per heavy atom. The molecule has 0 rings (SSSR count). The Balaban J connectivity index is 3.26. The van der Waals surface area contributed by atoms with Gasteiger partial charge in [-0.1, -0.05) is 26.7 Å². The van der Waals surface area contributed by atoms with Gasteiger partial charge < -0.3 is 4.79 Å². The van der Waals surface area contributed by atoms with Crippen LogP contribution in [0.15, 0.2) is 0 Å².